The summed E-state index contributed by atoms with van der Waals surface area (Å²) in [5, 5.41) is 12.8. The maximum absolute atomic E-state index is 12.8. The molecular weight excluding hydrogens is 332 g/mol. The first kappa shape index (κ1) is 16.8. The maximum atomic E-state index is 12.8. The Morgan fingerprint density at radius 2 is 2.23 bits per heavy atom. The second-order valence-corrected chi connectivity index (χ2v) is 7.03. The molecule has 1 atom stereocenters. The van der Waals surface area contributed by atoms with Gasteiger partial charge in [0.2, 0.25) is 5.95 Å². The highest BCUT2D eigenvalue weighted by Crippen LogP contribution is 2.40. The number of amides is 1. The average Bonchev–Trinajstić information content (AvgIpc) is 3.04. The molecule has 0 radical (unpaired) electrons. The summed E-state index contributed by atoms with van der Waals surface area (Å²) >= 11 is 0. The number of fused-ring (bicyclic) bond motifs is 1. The van der Waals surface area contributed by atoms with E-state index in [0.717, 1.165) is 23.3 Å². The molecule has 2 heterocycles. The number of benzene rings is 1. The van der Waals surface area contributed by atoms with Crippen LogP contribution >= 0.6 is 0 Å². The first-order chi connectivity index (χ1) is 12.5. The Labute approximate surface area is 151 Å². The van der Waals surface area contributed by atoms with Gasteiger partial charge in [0.1, 0.15) is 5.75 Å². The lowest BCUT2D eigenvalue weighted by Crippen LogP contribution is -2.41. The van der Waals surface area contributed by atoms with Gasteiger partial charge in [0.05, 0.1) is 30.0 Å². The van der Waals surface area contributed by atoms with Gasteiger partial charge in [0, 0.05) is 12.6 Å². The van der Waals surface area contributed by atoms with E-state index in [0.29, 0.717) is 30.7 Å². The van der Waals surface area contributed by atoms with E-state index >= 15 is 0 Å². The van der Waals surface area contributed by atoms with E-state index in [1.54, 1.807) is 6.92 Å². The molecule has 0 bridgehead atoms. The molecule has 7 heteroatoms. The molecule has 1 aliphatic heterocycles. The molecule has 1 aliphatic carbocycles. The third kappa shape index (κ3) is 3.10. The zero-order valence-corrected chi connectivity index (χ0v) is 14.6. The standard InChI is InChI=1S/C19H22N4O3/c1-10-15(9-21-19(20)22-10)18(25)23-17(13-7-14(24)8-13)12-2-3-16-11(6-12)4-5-26-16/h2-3,6,9,13-14,17,24H,4-5,7-8H2,1H3,(H,23,25)(H2,20,21,22). The number of nitrogens with two attached hydrogens (primary N) is 1. The molecule has 1 aromatic heterocycles. The Morgan fingerprint density at radius 3 is 2.96 bits per heavy atom. The lowest BCUT2D eigenvalue weighted by molar-refractivity contribution is 0.0235. The number of anilines is 1. The highest BCUT2D eigenvalue weighted by atomic mass is 16.5. The number of nitrogens with one attached hydrogen (secondary N) is 1. The largest absolute Gasteiger partial charge is 0.493 e. The molecule has 2 aromatic rings. The predicted octanol–water partition coefficient (Wildman–Crippen LogP) is 1.54. The summed E-state index contributed by atoms with van der Waals surface area (Å²) < 4.78 is 5.57. The third-order valence-electron chi connectivity index (χ3n) is 5.22. The minimum Gasteiger partial charge on any atom is -0.493 e. The normalized spacial score (nSPS) is 22.1. The molecule has 1 saturated carbocycles. The Hall–Kier alpha value is -2.67. The summed E-state index contributed by atoms with van der Waals surface area (Å²) in [7, 11) is 0. The topological polar surface area (TPSA) is 110 Å². The molecule has 2 aliphatic rings. The summed E-state index contributed by atoms with van der Waals surface area (Å²) in [6.07, 6.45) is 3.39. The number of aliphatic hydroxyl groups excluding tert-OH is 1. The number of carbonyl (C=O) groups excluding carboxylic acids is 1. The van der Waals surface area contributed by atoms with E-state index in [2.05, 4.69) is 21.4 Å². The van der Waals surface area contributed by atoms with Crippen LogP contribution in [0.25, 0.3) is 0 Å². The average molecular weight is 354 g/mol. The van der Waals surface area contributed by atoms with E-state index in [-0.39, 0.29) is 29.9 Å². The summed E-state index contributed by atoms with van der Waals surface area (Å²) in [6, 6.07) is 5.88. The van der Waals surface area contributed by atoms with Gasteiger partial charge in [0.15, 0.2) is 0 Å². The van der Waals surface area contributed by atoms with Crippen molar-refractivity contribution in [2.75, 3.05) is 12.3 Å². The quantitative estimate of drug-likeness (QED) is 0.768. The van der Waals surface area contributed by atoms with Gasteiger partial charge in [-0.3, -0.25) is 4.79 Å². The molecule has 26 heavy (non-hydrogen) atoms. The van der Waals surface area contributed by atoms with Crippen LogP contribution in [0.5, 0.6) is 5.75 Å². The van der Waals surface area contributed by atoms with Gasteiger partial charge in [0.25, 0.3) is 5.91 Å². The lowest BCUT2D eigenvalue weighted by Gasteiger charge is -2.38. The van der Waals surface area contributed by atoms with Crippen LogP contribution < -0.4 is 15.8 Å². The fraction of sp³-hybridized carbons (Fsp3) is 0.421. The molecule has 0 saturated heterocycles. The summed E-state index contributed by atoms with van der Waals surface area (Å²) in [5.74, 6) is 1.03. The van der Waals surface area contributed by atoms with E-state index < -0.39 is 0 Å². The van der Waals surface area contributed by atoms with Gasteiger partial charge in [-0.05, 0) is 48.9 Å². The van der Waals surface area contributed by atoms with Crippen molar-refractivity contribution in [3.63, 3.8) is 0 Å². The number of carbonyl (C=O) groups is 1. The van der Waals surface area contributed by atoms with Crippen LogP contribution in [0, 0.1) is 12.8 Å². The summed E-state index contributed by atoms with van der Waals surface area (Å²) in [4.78, 5) is 20.8. The molecule has 1 aromatic carbocycles. The van der Waals surface area contributed by atoms with E-state index in [4.69, 9.17) is 10.5 Å². The second kappa shape index (κ2) is 6.57. The van der Waals surface area contributed by atoms with Gasteiger partial charge in [-0.25, -0.2) is 9.97 Å². The fourth-order valence-corrected chi connectivity index (χ4v) is 3.70. The molecular formula is C19H22N4O3. The van der Waals surface area contributed by atoms with Crippen molar-refractivity contribution < 1.29 is 14.6 Å². The monoisotopic (exact) mass is 354 g/mol. The minimum atomic E-state index is -0.293. The zero-order valence-electron chi connectivity index (χ0n) is 14.6. The third-order valence-corrected chi connectivity index (χ3v) is 5.22. The highest BCUT2D eigenvalue weighted by molar-refractivity contribution is 5.95. The van der Waals surface area contributed by atoms with Crippen molar-refractivity contribution in [1.82, 2.24) is 15.3 Å². The van der Waals surface area contributed by atoms with Crippen LogP contribution in [0.2, 0.25) is 0 Å². The molecule has 4 N–H and O–H groups in total. The number of nitrogen functional groups attached to an aromatic ring is 1. The Bertz CT molecular complexity index is 849. The van der Waals surface area contributed by atoms with Crippen LogP contribution in [-0.4, -0.2) is 33.7 Å². The summed E-state index contributed by atoms with van der Waals surface area (Å²) in [6.45, 7) is 2.43. The molecule has 136 valence electrons. The highest BCUT2D eigenvalue weighted by Gasteiger charge is 2.36. The van der Waals surface area contributed by atoms with Crippen LogP contribution in [0.1, 0.15) is 46.1 Å². The lowest BCUT2D eigenvalue weighted by atomic mass is 9.74. The van der Waals surface area contributed by atoms with Crippen molar-refractivity contribution in [2.24, 2.45) is 5.92 Å². The first-order valence-corrected chi connectivity index (χ1v) is 8.85. The van der Waals surface area contributed by atoms with E-state index in [1.807, 2.05) is 12.1 Å². The first-order valence-electron chi connectivity index (χ1n) is 8.85. The number of hydrogen-bond donors (Lipinski definition) is 3. The number of ether oxygens (including phenoxy) is 1. The van der Waals surface area contributed by atoms with Crippen molar-refractivity contribution in [1.29, 1.82) is 0 Å². The van der Waals surface area contributed by atoms with Gasteiger partial charge < -0.3 is 20.9 Å². The van der Waals surface area contributed by atoms with E-state index in [9.17, 15) is 9.90 Å². The molecule has 1 amide bonds. The van der Waals surface area contributed by atoms with Gasteiger partial charge in [-0.1, -0.05) is 6.07 Å². The van der Waals surface area contributed by atoms with Crippen LogP contribution in [0.15, 0.2) is 24.4 Å². The smallest absolute Gasteiger partial charge is 0.255 e. The van der Waals surface area contributed by atoms with Crippen molar-refractivity contribution in [2.45, 2.75) is 38.3 Å². The number of rotatable bonds is 4. The molecule has 1 unspecified atom stereocenters. The second-order valence-electron chi connectivity index (χ2n) is 7.03. The minimum absolute atomic E-state index is 0.149. The van der Waals surface area contributed by atoms with Gasteiger partial charge in [-0.15, -0.1) is 0 Å². The predicted molar refractivity (Wildman–Crippen MR) is 95.8 cm³/mol. The zero-order chi connectivity index (χ0) is 18.3. The van der Waals surface area contributed by atoms with Gasteiger partial charge >= 0.3 is 0 Å². The maximum Gasteiger partial charge on any atom is 0.255 e. The summed E-state index contributed by atoms with van der Waals surface area (Å²) in [5.41, 5.74) is 8.73. The van der Waals surface area contributed by atoms with Crippen LogP contribution in [0.4, 0.5) is 5.95 Å². The van der Waals surface area contributed by atoms with Crippen LogP contribution in [-0.2, 0) is 6.42 Å². The Kier molecular flexibility index (Phi) is 4.24. The van der Waals surface area contributed by atoms with Crippen LogP contribution in [0.3, 0.4) is 0 Å². The Balaban J connectivity index is 1.60. The number of nitrogens with zero attached hydrogens (tertiary/aromatic N) is 2. The van der Waals surface area contributed by atoms with Crippen molar-refractivity contribution >= 4 is 11.9 Å². The number of hydrogen-bond acceptors (Lipinski definition) is 6. The molecule has 7 nitrogen and oxygen atoms in total. The van der Waals surface area contributed by atoms with E-state index in [1.165, 1.54) is 6.20 Å². The number of aryl methyl sites for hydroxylation is 1. The number of aliphatic hydroxyl groups is 1. The molecule has 4 rings (SSSR count). The Morgan fingerprint density at radius 1 is 1.42 bits per heavy atom. The van der Waals surface area contributed by atoms with Gasteiger partial charge in [-0.2, -0.15) is 0 Å². The molecule has 0 spiro atoms. The molecule has 1 fully saturated rings. The van der Waals surface area contributed by atoms with Crippen molar-refractivity contribution in [3.8, 4) is 5.75 Å². The van der Waals surface area contributed by atoms with Crippen molar-refractivity contribution in [3.05, 3.63) is 46.8 Å². The SMILES string of the molecule is Cc1nc(N)ncc1C(=O)NC(c1ccc2c(c1)CCO2)C1CC(O)C1. The fourth-order valence-electron chi connectivity index (χ4n) is 3.70. The number of aromatic nitrogens is 2.